The Morgan fingerprint density at radius 2 is 1.91 bits per heavy atom. The number of fused-ring (bicyclic) bond motifs is 1. The first-order chi connectivity index (χ1) is 11.2. The largest absolute Gasteiger partial charge is 0.490 e. The van der Waals surface area contributed by atoms with Gasteiger partial charge in [-0.15, -0.1) is 0 Å². The molecule has 2 heterocycles. The maximum absolute atomic E-state index is 12.2. The lowest BCUT2D eigenvalue weighted by atomic mass is 10.1. The van der Waals surface area contributed by atoms with Crippen LogP contribution in [0.2, 0.25) is 0 Å². The van der Waals surface area contributed by atoms with Gasteiger partial charge in [0.15, 0.2) is 23.9 Å². The van der Waals surface area contributed by atoms with E-state index >= 15 is 0 Å². The Balaban J connectivity index is 1.64. The normalized spacial score (nSPS) is 13.0. The average molecular weight is 313 g/mol. The van der Waals surface area contributed by atoms with Gasteiger partial charge in [0.1, 0.15) is 5.69 Å². The molecule has 0 spiro atoms. The van der Waals surface area contributed by atoms with E-state index in [1.54, 1.807) is 30.3 Å². The van der Waals surface area contributed by atoms with Crippen LogP contribution in [0.5, 0.6) is 11.5 Å². The number of ketones is 1. The minimum Gasteiger partial charge on any atom is -0.490 e. The second-order valence-corrected chi connectivity index (χ2v) is 4.93. The van der Waals surface area contributed by atoms with Crippen LogP contribution in [-0.2, 0) is 4.74 Å². The first-order valence-electron chi connectivity index (χ1n) is 7.25. The van der Waals surface area contributed by atoms with Crippen LogP contribution in [-0.4, -0.2) is 36.6 Å². The topological polar surface area (TPSA) is 74.7 Å². The Kier molecular flexibility index (Phi) is 4.52. The van der Waals surface area contributed by atoms with Crippen molar-refractivity contribution in [3.63, 3.8) is 0 Å². The Hall–Kier alpha value is -2.89. The van der Waals surface area contributed by atoms with E-state index in [9.17, 15) is 9.59 Å². The number of carbonyl (C=O) groups is 2. The van der Waals surface area contributed by atoms with Crippen molar-refractivity contribution in [3.05, 3.63) is 53.9 Å². The van der Waals surface area contributed by atoms with Crippen LogP contribution < -0.4 is 9.47 Å². The Bertz CT molecular complexity index is 714. The summed E-state index contributed by atoms with van der Waals surface area (Å²) < 4.78 is 16.0. The zero-order valence-electron chi connectivity index (χ0n) is 12.4. The van der Waals surface area contributed by atoms with Crippen molar-refractivity contribution in [2.75, 3.05) is 19.8 Å². The fourth-order valence-electron chi connectivity index (χ4n) is 2.11. The highest BCUT2D eigenvalue weighted by Crippen LogP contribution is 2.30. The fourth-order valence-corrected chi connectivity index (χ4v) is 2.11. The van der Waals surface area contributed by atoms with E-state index in [4.69, 9.17) is 14.2 Å². The lowest BCUT2D eigenvalue weighted by Gasteiger charge is -2.09. The monoisotopic (exact) mass is 313 g/mol. The van der Waals surface area contributed by atoms with Crippen LogP contribution >= 0.6 is 0 Å². The third-order valence-electron chi connectivity index (χ3n) is 3.28. The molecule has 1 aromatic carbocycles. The van der Waals surface area contributed by atoms with Crippen molar-refractivity contribution in [3.8, 4) is 11.5 Å². The number of nitrogens with zero attached hydrogens (tertiary/aromatic N) is 1. The second kappa shape index (κ2) is 6.91. The summed E-state index contributed by atoms with van der Waals surface area (Å²) in [6.07, 6.45) is 2.28. The van der Waals surface area contributed by atoms with Crippen LogP contribution in [0.25, 0.3) is 0 Å². The molecular formula is C17H15NO5. The average Bonchev–Trinajstić information content (AvgIpc) is 2.84. The molecule has 0 unspecified atom stereocenters. The number of benzene rings is 1. The summed E-state index contributed by atoms with van der Waals surface area (Å²) in [6.45, 7) is 0.774. The molecule has 0 bridgehead atoms. The Morgan fingerprint density at radius 3 is 2.70 bits per heavy atom. The van der Waals surface area contributed by atoms with E-state index < -0.39 is 5.97 Å². The van der Waals surface area contributed by atoms with Crippen molar-refractivity contribution in [2.45, 2.75) is 6.42 Å². The predicted octanol–water partition coefficient (Wildman–Crippen LogP) is 2.28. The number of Topliss-reactive ketones (excluding diaryl/α,β-unsaturated/α-hetero) is 1. The van der Waals surface area contributed by atoms with E-state index in [1.807, 2.05) is 0 Å². The molecule has 6 heteroatoms. The van der Waals surface area contributed by atoms with E-state index in [0.717, 1.165) is 6.42 Å². The van der Waals surface area contributed by atoms with Gasteiger partial charge in [0, 0.05) is 18.2 Å². The van der Waals surface area contributed by atoms with Gasteiger partial charge >= 0.3 is 5.97 Å². The Labute approximate surface area is 133 Å². The fraction of sp³-hybridized carbons (Fsp3) is 0.235. The number of hydrogen-bond acceptors (Lipinski definition) is 6. The summed E-state index contributed by atoms with van der Waals surface area (Å²) in [5.41, 5.74) is 0.571. The van der Waals surface area contributed by atoms with Gasteiger partial charge < -0.3 is 14.2 Å². The van der Waals surface area contributed by atoms with Gasteiger partial charge in [-0.1, -0.05) is 6.07 Å². The maximum Gasteiger partial charge on any atom is 0.357 e. The number of aromatic nitrogens is 1. The molecule has 1 aliphatic heterocycles. The van der Waals surface area contributed by atoms with Crippen LogP contribution in [0.15, 0.2) is 42.6 Å². The van der Waals surface area contributed by atoms with Gasteiger partial charge in [-0.25, -0.2) is 9.78 Å². The highest BCUT2D eigenvalue weighted by atomic mass is 16.5. The smallest absolute Gasteiger partial charge is 0.357 e. The first kappa shape index (κ1) is 15.0. The Morgan fingerprint density at radius 1 is 1.09 bits per heavy atom. The van der Waals surface area contributed by atoms with Crippen molar-refractivity contribution < 1.29 is 23.8 Å². The maximum atomic E-state index is 12.2. The van der Waals surface area contributed by atoms with Crippen molar-refractivity contribution in [2.24, 2.45) is 0 Å². The molecule has 2 aromatic rings. The van der Waals surface area contributed by atoms with Gasteiger partial charge in [-0.05, 0) is 30.3 Å². The van der Waals surface area contributed by atoms with E-state index in [-0.39, 0.29) is 18.1 Å². The van der Waals surface area contributed by atoms with Crippen molar-refractivity contribution in [1.29, 1.82) is 0 Å². The van der Waals surface area contributed by atoms with Gasteiger partial charge in [0.25, 0.3) is 0 Å². The van der Waals surface area contributed by atoms with Gasteiger partial charge in [-0.2, -0.15) is 0 Å². The molecule has 23 heavy (non-hydrogen) atoms. The molecule has 0 radical (unpaired) electrons. The molecule has 0 amide bonds. The molecule has 0 saturated carbocycles. The number of rotatable bonds is 4. The molecule has 0 N–H and O–H groups in total. The van der Waals surface area contributed by atoms with Crippen molar-refractivity contribution >= 4 is 11.8 Å². The van der Waals surface area contributed by atoms with E-state index in [0.29, 0.717) is 30.3 Å². The summed E-state index contributed by atoms with van der Waals surface area (Å²) in [5.74, 6) is 0.201. The molecule has 0 saturated heterocycles. The number of esters is 1. The third-order valence-corrected chi connectivity index (χ3v) is 3.28. The van der Waals surface area contributed by atoms with E-state index in [2.05, 4.69) is 4.98 Å². The summed E-state index contributed by atoms with van der Waals surface area (Å²) >= 11 is 0. The SMILES string of the molecule is O=C(COC(=O)c1ccccn1)c1ccc2c(c1)OCCCO2. The quantitative estimate of drug-likeness (QED) is 0.637. The molecule has 0 fully saturated rings. The summed E-state index contributed by atoms with van der Waals surface area (Å²) in [6, 6.07) is 9.83. The van der Waals surface area contributed by atoms with E-state index in [1.165, 1.54) is 12.3 Å². The second-order valence-electron chi connectivity index (χ2n) is 4.93. The molecule has 6 nitrogen and oxygen atoms in total. The van der Waals surface area contributed by atoms with Crippen LogP contribution in [0.1, 0.15) is 27.3 Å². The highest BCUT2D eigenvalue weighted by Gasteiger charge is 2.16. The summed E-state index contributed by atoms with van der Waals surface area (Å²) in [7, 11) is 0. The standard InChI is InChI=1S/C17H15NO5/c19-14(11-23-17(20)13-4-1-2-7-18-13)12-5-6-15-16(10-12)22-9-3-8-21-15/h1-2,4-7,10H,3,8-9,11H2. The minimum absolute atomic E-state index is 0.166. The summed E-state index contributed by atoms with van der Waals surface area (Å²) in [4.78, 5) is 27.8. The molecule has 118 valence electrons. The zero-order valence-corrected chi connectivity index (χ0v) is 12.4. The third kappa shape index (κ3) is 3.66. The van der Waals surface area contributed by atoms with Crippen LogP contribution in [0.4, 0.5) is 0 Å². The van der Waals surface area contributed by atoms with Gasteiger partial charge in [0.2, 0.25) is 0 Å². The lowest BCUT2D eigenvalue weighted by molar-refractivity contribution is 0.0469. The van der Waals surface area contributed by atoms with Crippen molar-refractivity contribution in [1.82, 2.24) is 4.98 Å². The predicted molar refractivity (Wildman–Crippen MR) is 80.9 cm³/mol. The number of ether oxygens (including phenoxy) is 3. The molecular weight excluding hydrogens is 298 g/mol. The highest BCUT2D eigenvalue weighted by molar-refractivity contribution is 5.99. The van der Waals surface area contributed by atoms with Crippen LogP contribution in [0.3, 0.4) is 0 Å². The number of pyridine rings is 1. The number of hydrogen-bond donors (Lipinski definition) is 0. The lowest BCUT2D eigenvalue weighted by Crippen LogP contribution is -2.15. The minimum atomic E-state index is -0.631. The molecule has 1 aliphatic rings. The summed E-state index contributed by atoms with van der Waals surface area (Å²) in [5, 5.41) is 0. The molecule has 0 aliphatic carbocycles. The zero-order chi connectivity index (χ0) is 16.1. The first-order valence-corrected chi connectivity index (χ1v) is 7.25. The molecule has 1 aromatic heterocycles. The van der Waals surface area contributed by atoms with Crippen LogP contribution in [0, 0.1) is 0 Å². The molecule has 0 atom stereocenters. The molecule has 3 rings (SSSR count). The number of carbonyl (C=O) groups excluding carboxylic acids is 2. The van der Waals surface area contributed by atoms with Gasteiger partial charge in [-0.3, -0.25) is 4.79 Å². The van der Waals surface area contributed by atoms with Gasteiger partial charge in [0.05, 0.1) is 13.2 Å².